The van der Waals surface area contributed by atoms with Gasteiger partial charge in [-0.05, 0) is 62.6 Å². The van der Waals surface area contributed by atoms with Crippen LogP contribution >= 0.6 is 23.2 Å². The Morgan fingerprint density at radius 2 is 1.72 bits per heavy atom. The van der Waals surface area contributed by atoms with Crippen LogP contribution in [0.1, 0.15) is 63.8 Å². The first-order valence-electron chi connectivity index (χ1n) is 12.1. The summed E-state index contributed by atoms with van der Waals surface area (Å²) in [6.07, 6.45) is -0.553. The molecule has 1 unspecified atom stereocenters. The first kappa shape index (κ1) is 28.9. The van der Waals surface area contributed by atoms with Crippen molar-refractivity contribution in [1.29, 1.82) is 0 Å². The number of carbonyl (C=O) groups is 1. The lowest BCUT2D eigenvalue weighted by atomic mass is 9.89. The third-order valence-corrected chi connectivity index (χ3v) is 9.79. The number of ether oxygens (including phenoxy) is 2. The highest BCUT2D eigenvalue weighted by molar-refractivity contribution is 7.92. The maximum atomic E-state index is 14.0. The fourth-order valence-electron chi connectivity index (χ4n) is 4.42. The third kappa shape index (κ3) is 6.43. The number of halogens is 2. The summed E-state index contributed by atoms with van der Waals surface area (Å²) in [6.45, 7) is 7.29. The van der Waals surface area contributed by atoms with Crippen LogP contribution in [0.15, 0.2) is 48.5 Å². The molecule has 1 aliphatic heterocycles. The predicted octanol–water partition coefficient (Wildman–Crippen LogP) is 6.03. The van der Waals surface area contributed by atoms with Crippen LogP contribution in [-0.4, -0.2) is 55.6 Å². The summed E-state index contributed by atoms with van der Waals surface area (Å²) in [7, 11) is -1.95. The first-order chi connectivity index (χ1) is 16.9. The lowest BCUT2D eigenvalue weighted by Crippen LogP contribution is -2.57. The zero-order valence-corrected chi connectivity index (χ0v) is 23.7. The second kappa shape index (κ2) is 11.8. The highest BCUT2D eigenvalue weighted by Gasteiger charge is 2.47. The number of morpholine rings is 1. The molecule has 0 spiro atoms. The van der Waals surface area contributed by atoms with Crippen molar-refractivity contribution in [3.05, 3.63) is 69.7 Å². The fraction of sp³-hybridized carbons (Fsp3) is 0.519. The molecule has 198 valence electrons. The van der Waals surface area contributed by atoms with E-state index in [2.05, 4.69) is 0 Å². The Balaban J connectivity index is 2.19. The van der Waals surface area contributed by atoms with Gasteiger partial charge < -0.3 is 14.4 Å². The van der Waals surface area contributed by atoms with Crippen LogP contribution in [0, 0.1) is 0 Å². The van der Waals surface area contributed by atoms with Gasteiger partial charge in [0.1, 0.15) is 12.2 Å². The van der Waals surface area contributed by atoms with Gasteiger partial charge in [-0.1, -0.05) is 54.4 Å². The number of nitrogens with zero attached hydrogens (tertiary/aromatic N) is 1. The molecule has 0 aromatic heterocycles. The average Bonchev–Trinajstić information content (AvgIpc) is 2.81. The zero-order chi connectivity index (χ0) is 26.7. The highest BCUT2D eigenvalue weighted by Crippen LogP contribution is 2.45. The molecule has 6 nitrogen and oxygen atoms in total. The molecule has 0 saturated carbocycles. The molecule has 3 rings (SSSR count). The topological polar surface area (TPSA) is 72.9 Å². The van der Waals surface area contributed by atoms with Crippen molar-refractivity contribution >= 4 is 38.9 Å². The average molecular weight is 557 g/mol. The lowest BCUT2D eigenvalue weighted by molar-refractivity contribution is -0.180. The van der Waals surface area contributed by atoms with Crippen molar-refractivity contribution in [2.45, 2.75) is 69.6 Å². The van der Waals surface area contributed by atoms with Crippen molar-refractivity contribution in [1.82, 2.24) is 4.90 Å². The molecule has 1 fully saturated rings. The van der Waals surface area contributed by atoms with Crippen molar-refractivity contribution in [3.63, 3.8) is 0 Å². The summed E-state index contributed by atoms with van der Waals surface area (Å²) in [4.78, 5) is 15.7. The molecule has 1 saturated heterocycles. The van der Waals surface area contributed by atoms with Gasteiger partial charge in [0.05, 0.1) is 16.5 Å². The Kier molecular flexibility index (Phi) is 9.50. The van der Waals surface area contributed by atoms with E-state index in [4.69, 9.17) is 32.7 Å². The minimum absolute atomic E-state index is 0.151. The maximum Gasteiger partial charge on any atom is 0.252 e. The highest BCUT2D eigenvalue weighted by atomic mass is 35.5. The predicted molar refractivity (Wildman–Crippen MR) is 144 cm³/mol. The van der Waals surface area contributed by atoms with E-state index >= 15 is 0 Å². The molecular weight excluding hydrogens is 521 g/mol. The van der Waals surface area contributed by atoms with Gasteiger partial charge in [0.15, 0.2) is 9.84 Å². The summed E-state index contributed by atoms with van der Waals surface area (Å²) < 4.78 is 37.3. The Bertz CT molecular complexity index is 1150. The normalized spacial score (nSPS) is 22.0. The summed E-state index contributed by atoms with van der Waals surface area (Å²) in [5.74, 6) is -0.400. The zero-order valence-electron chi connectivity index (χ0n) is 21.4. The van der Waals surface area contributed by atoms with Gasteiger partial charge in [0.2, 0.25) is 0 Å². The molecule has 9 heteroatoms. The van der Waals surface area contributed by atoms with Crippen molar-refractivity contribution in [3.8, 4) is 0 Å². The number of methoxy groups -OCH3 is 1. The van der Waals surface area contributed by atoms with Gasteiger partial charge in [-0.15, -0.1) is 0 Å². The lowest BCUT2D eigenvalue weighted by Gasteiger charge is -2.48. The number of hydrogen-bond acceptors (Lipinski definition) is 5. The monoisotopic (exact) mass is 555 g/mol. The molecule has 1 amide bonds. The van der Waals surface area contributed by atoms with Crippen molar-refractivity contribution in [2.24, 2.45) is 0 Å². The third-order valence-electron chi connectivity index (χ3n) is 6.61. The van der Waals surface area contributed by atoms with Crippen LogP contribution in [0.3, 0.4) is 0 Å². The van der Waals surface area contributed by atoms with Crippen molar-refractivity contribution in [2.75, 3.05) is 19.5 Å². The van der Waals surface area contributed by atoms with Gasteiger partial charge in [-0.3, -0.25) is 4.79 Å². The minimum atomic E-state index is -3.52. The standard InChI is InChI=1S/C27H35Cl2NO5S/c1-6-22(17-36(32,33)27(2,3)4)30-24(18-10-12-20(28)13-11-18)25(19-8-7-9-21(29)16-19)35-23(26(30)31)14-15-34-5/h7-13,16,22-25H,6,14-15,17H2,1-5H3/t22?,23-,24-,25-/m1/s1. The van der Waals surface area contributed by atoms with Crippen LogP contribution in [0.5, 0.6) is 0 Å². The van der Waals surface area contributed by atoms with E-state index in [1.54, 1.807) is 51.0 Å². The molecular formula is C27H35Cl2NO5S. The summed E-state index contributed by atoms with van der Waals surface area (Å²) >= 11 is 12.5. The van der Waals surface area contributed by atoms with E-state index in [0.717, 1.165) is 11.1 Å². The number of sulfone groups is 1. The molecule has 0 N–H and O–H groups in total. The number of rotatable bonds is 9. The molecule has 1 aliphatic rings. The minimum Gasteiger partial charge on any atom is -0.385 e. The second-order valence-corrected chi connectivity index (χ2v) is 13.7. The quantitative estimate of drug-likeness (QED) is 0.377. The molecule has 0 radical (unpaired) electrons. The summed E-state index contributed by atoms with van der Waals surface area (Å²) in [5.41, 5.74) is 1.60. The SMILES string of the molecule is CCC(CS(=O)(=O)C(C)(C)C)N1C(=O)[C@@H](CCOC)O[C@H](c2cccc(Cl)c2)[C@H]1c1ccc(Cl)cc1. The number of hydrogen-bond donors (Lipinski definition) is 0. The molecule has 4 atom stereocenters. The van der Waals surface area contributed by atoms with Gasteiger partial charge in [0.25, 0.3) is 5.91 Å². The molecule has 2 aromatic carbocycles. The van der Waals surface area contributed by atoms with Gasteiger partial charge in [-0.25, -0.2) is 8.42 Å². The number of amides is 1. The second-order valence-electron chi connectivity index (χ2n) is 10.1. The van der Waals surface area contributed by atoms with Crippen LogP contribution in [0.4, 0.5) is 0 Å². The Morgan fingerprint density at radius 3 is 2.28 bits per heavy atom. The fourth-order valence-corrected chi connectivity index (χ4v) is 6.15. The molecule has 0 bridgehead atoms. The van der Waals surface area contributed by atoms with Gasteiger partial charge >= 0.3 is 0 Å². The number of benzene rings is 2. The van der Waals surface area contributed by atoms with Gasteiger partial charge in [-0.2, -0.15) is 0 Å². The van der Waals surface area contributed by atoms with Crippen LogP contribution in [-0.2, 0) is 24.1 Å². The Labute approximate surface area is 224 Å². The van der Waals surface area contributed by atoms with E-state index in [9.17, 15) is 13.2 Å². The van der Waals surface area contributed by atoms with E-state index in [0.29, 0.717) is 29.5 Å². The smallest absolute Gasteiger partial charge is 0.252 e. The Morgan fingerprint density at radius 1 is 1.06 bits per heavy atom. The van der Waals surface area contributed by atoms with E-state index < -0.39 is 38.9 Å². The van der Waals surface area contributed by atoms with E-state index in [-0.39, 0.29) is 11.7 Å². The molecule has 0 aliphatic carbocycles. The number of carbonyl (C=O) groups excluding carboxylic acids is 1. The van der Waals surface area contributed by atoms with Gasteiger partial charge in [0, 0.05) is 36.2 Å². The van der Waals surface area contributed by atoms with E-state index in [1.807, 2.05) is 37.3 Å². The van der Waals surface area contributed by atoms with Crippen LogP contribution in [0.25, 0.3) is 0 Å². The first-order valence-corrected chi connectivity index (χ1v) is 14.5. The molecule has 1 heterocycles. The summed E-state index contributed by atoms with van der Waals surface area (Å²) in [6, 6.07) is 13.5. The maximum absolute atomic E-state index is 14.0. The molecule has 36 heavy (non-hydrogen) atoms. The largest absolute Gasteiger partial charge is 0.385 e. The van der Waals surface area contributed by atoms with E-state index in [1.165, 1.54) is 0 Å². The van der Waals surface area contributed by atoms with Crippen molar-refractivity contribution < 1.29 is 22.7 Å². The Hall–Kier alpha value is -1.64. The molecule has 2 aromatic rings. The van der Waals surface area contributed by atoms with Crippen LogP contribution < -0.4 is 0 Å². The van der Waals surface area contributed by atoms with Crippen LogP contribution in [0.2, 0.25) is 10.0 Å². The summed E-state index contributed by atoms with van der Waals surface area (Å²) in [5, 5.41) is 1.11.